The lowest BCUT2D eigenvalue weighted by Crippen LogP contribution is -2.00. The molecule has 0 saturated carbocycles. The van der Waals surface area contributed by atoms with E-state index in [9.17, 15) is 9.18 Å². The van der Waals surface area contributed by atoms with Gasteiger partial charge in [-0.25, -0.2) is 14.2 Å². The van der Waals surface area contributed by atoms with E-state index in [0.29, 0.717) is 4.47 Å². The molecule has 0 amide bonds. The van der Waals surface area contributed by atoms with Gasteiger partial charge in [-0.2, -0.15) is 0 Å². The van der Waals surface area contributed by atoms with Crippen molar-refractivity contribution in [3.05, 3.63) is 51.3 Å². The molecule has 2 aromatic rings. The maximum Gasteiger partial charge on any atom is 0.337 e. The van der Waals surface area contributed by atoms with Gasteiger partial charge in [-0.05, 0) is 18.2 Å². The molecular weight excluding hydrogens is 340 g/mol. The Kier molecular flexibility index (Phi) is 4.01. The predicted molar refractivity (Wildman–Crippen MR) is 70.4 cm³/mol. The number of carboxylic acids is 1. The van der Waals surface area contributed by atoms with Crippen molar-refractivity contribution in [3.63, 3.8) is 0 Å². The number of halogens is 3. The van der Waals surface area contributed by atoms with Crippen LogP contribution in [0.15, 0.2) is 34.9 Å². The summed E-state index contributed by atoms with van der Waals surface area (Å²) >= 11 is 8.78. The number of hydrogen-bond donors (Lipinski definition) is 1. The SMILES string of the molecule is O=C(O)c1cc(Oc2ccc(Br)cc2F)ncc1Cl. The van der Waals surface area contributed by atoms with Gasteiger partial charge in [0, 0.05) is 10.5 Å². The van der Waals surface area contributed by atoms with Gasteiger partial charge in [-0.3, -0.25) is 0 Å². The Balaban J connectivity index is 2.33. The fraction of sp³-hybridized carbons (Fsp3) is 0. The first-order valence-electron chi connectivity index (χ1n) is 4.99. The van der Waals surface area contributed by atoms with Crippen molar-refractivity contribution in [2.45, 2.75) is 0 Å². The molecule has 0 unspecified atom stereocenters. The summed E-state index contributed by atoms with van der Waals surface area (Å²) in [6, 6.07) is 5.35. The van der Waals surface area contributed by atoms with Crippen molar-refractivity contribution in [1.29, 1.82) is 0 Å². The third-order valence-corrected chi connectivity index (χ3v) is 2.96. The Morgan fingerprint density at radius 1 is 1.42 bits per heavy atom. The number of carboxylic acid groups (broad SMARTS) is 1. The molecule has 0 saturated heterocycles. The van der Waals surface area contributed by atoms with Gasteiger partial charge in [0.25, 0.3) is 0 Å². The number of nitrogens with zero attached hydrogens (tertiary/aromatic N) is 1. The van der Waals surface area contributed by atoms with Crippen LogP contribution in [-0.2, 0) is 0 Å². The average molecular weight is 347 g/mol. The molecule has 0 radical (unpaired) electrons. The number of hydrogen-bond acceptors (Lipinski definition) is 3. The van der Waals surface area contributed by atoms with Crippen molar-refractivity contribution in [2.24, 2.45) is 0 Å². The summed E-state index contributed by atoms with van der Waals surface area (Å²) in [7, 11) is 0. The zero-order chi connectivity index (χ0) is 14.0. The minimum absolute atomic E-state index is 0.0175. The second-order valence-corrected chi connectivity index (χ2v) is 4.81. The van der Waals surface area contributed by atoms with Crippen LogP contribution in [0.5, 0.6) is 11.6 Å². The van der Waals surface area contributed by atoms with Gasteiger partial charge < -0.3 is 9.84 Å². The van der Waals surface area contributed by atoms with Gasteiger partial charge in [0.05, 0.1) is 16.8 Å². The van der Waals surface area contributed by atoms with Gasteiger partial charge >= 0.3 is 5.97 Å². The summed E-state index contributed by atoms with van der Waals surface area (Å²) in [5, 5.41) is 8.88. The highest BCUT2D eigenvalue weighted by Crippen LogP contribution is 2.27. The van der Waals surface area contributed by atoms with Crippen molar-refractivity contribution in [1.82, 2.24) is 4.98 Å². The highest BCUT2D eigenvalue weighted by atomic mass is 79.9. The minimum Gasteiger partial charge on any atom is -0.478 e. The Labute approximate surface area is 120 Å². The second kappa shape index (κ2) is 5.54. The number of aromatic carboxylic acids is 1. The van der Waals surface area contributed by atoms with Crippen LogP contribution < -0.4 is 4.74 Å². The maximum atomic E-state index is 13.5. The first-order chi connectivity index (χ1) is 8.97. The molecule has 1 N–H and O–H groups in total. The minimum atomic E-state index is -1.21. The van der Waals surface area contributed by atoms with Crippen molar-refractivity contribution >= 4 is 33.5 Å². The van der Waals surface area contributed by atoms with E-state index < -0.39 is 11.8 Å². The highest BCUT2D eigenvalue weighted by Gasteiger charge is 2.13. The number of ether oxygens (including phenoxy) is 1. The van der Waals surface area contributed by atoms with Gasteiger partial charge in [-0.1, -0.05) is 27.5 Å². The van der Waals surface area contributed by atoms with Crippen molar-refractivity contribution in [3.8, 4) is 11.6 Å². The van der Waals surface area contributed by atoms with E-state index in [2.05, 4.69) is 20.9 Å². The predicted octanol–water partition coefficient (Wildman–Crippen LogP) is 4.13. The lowest BCUT2D eigenvalue weighted by Gasteiger charge is -2.07. The summed E-state index contributed by atoms with van der Waals surface area (Å²) in [5.74, 6) is -1.92. The largest absolute Gasteiger partial charge is 0.478 e. The Morgan fingerprint density at radius 2 is 2.16 bits per heavy atom. The van der Waals surface area contributed by atoms with Gasteiger partial charge in [0.2, 0.25) is 5.88 Å². The summed E-state index contributed by atoms with van der Waals surface area (Å²) < 4.78 is 19.3. The molecule has 1 heterocycles. The third kappa shape index (κ3) is 3.21. The molecule has 0 aliphatic heterocycles. The first kappa shape index (κ1) is 13.8. The molecular formula is C12H6BrClFNO3. The second-order valence-electron chi connectivity index (χ2n) is 3.48. The van der Waals surface area contributed by atoms with Crippen molar-refractivity contribution in [2.75, 3.05) is 0 Å². The molecule has 19 heavy (non-hydrogen) atoms. The Hall–Kier alpha value is -1.66. The molecule has 0 aliphatic rings. The van der Waals surface area contributed by atoms with E-state index in [0.717, 1.165) is 12.3 Å². The van der Waals surface area contributed by atoms with E-state index in [-0.39, 0.29) is 22.2 Å². The lowest BCUT2D eigenvalue weighted by molar-refractivity contribution is 0.0696. The molecule has 4 nitrogen and oxygen atoms in total. The van der Waals surface area contributed by atoms with Gasteiger partial charge in [0.15, 0.2) is 11.6 Å². The van der Waals surface area contributed by atoms with Crippen LogP contribution in [0.25, 0.3) is 0 Å². The van der Waals surface area contributed by atoms with Crippen molar-refractivity contribution < 1.29 is 19.0 Å². The van der Waals surface area contributed by atoms with Crippen LogP contribution in [0.3, 0.4) is 0 Å². The number of rotatable bonds is 3. The number of benzene rings is 1. The normalized spacial score (nSPS) is 10.3. The standard InChI is InChI=1S/C12H6BrClFNO3/c13-6-1-2-10(9(15)3-6)19-11-4-7(12(17)18)8(14)5-16-11/h1-5H,(H,17,18). The van der Waals surface area contributed by atoms with Crippen LogP contribution in [0.4, 0.5) is 4.39 Å². The maximum absolute atomic E-state index is 13.5. The smallest absolute Gasteiger partial charge is 0.337 e. The summed E-state index contributed by atoms with van der Waals surface area (Å²) in [6.45, 7) is 0. The fourth-order valence-electron chi connectivity index (χ4n) is 1.31. The zero-order valence-electron chi connectivity index (χ0n) is 9.23. The van der Waals surface area contributed by atoms with E-state index in [1.54, 1.807) is 6.07 Å². The molecule has 0 fully saturated rings. The lowest BCUT2D eigenvalue weighted by atomic mass is 10.2. The van der Waals surface area contributed by atoms with Gasteiger partial charge in [-0.15, -0.1) is 0 Å². The Morgan fingerprint density at radius 3 is 2.79 bits per heavy atom. The van der Waals surface area contributed by atoms with E-state index in [4.69, 9.17) is 21.4 Å². The molecule has 1 aromatic heterocycles. The molecule has 0 bridgehead atoms. The first-order valence-corrected chi connectivity index (χ1v) is 6.16. The molecule has 0 aliphatic carbocycles. The molecule has 1 aromatic carbocycles. The third-order valence-electron chi connectivity index (χ3n) is 2.17. The van der Waals surface area contributed by atoms with Crippen LogP contribution in [0.1, 0.15) is 10.4 Å². The average Bonchev–Trinajstić information content (AvgIpc) is 2.34. The fourth-order valence-corrected chi connectivity index (χ4v) is 1.83. The quantitative estimate of drug-likeness (QED) is 0.908. The topological polar surface area (TPSA) is 59.4 Å². The zero-order valence-corrected chi connectivity index (χ0v) is 11.6. The van der Waals surface area contributed by atoms with E-state index >= 15 is 0 Å². The molecule has 0 atom stereocenters. The van der Waals surface area contributed by atoms with Crippen LogP contribution in [0.2, 0.25) is 5.02 Å². The van der Waals surface area contributed by atoms with Crippen LogP contribution >= 0.6 is 27.5 Å². The number of aromatic nitrogens is 1. The molecule has 2 rings (SSSR count). The molecule has 0 spiro atoms. The summed E-state index contributed by atoms with van der Waals surface area (Å²) in [5.41, 5.74) is -0.163. The van der Waals surface area contributed by atoms with E-state index in [1.165, 1.54) is 12.1 Å². The van der Waals surface area contributed by atoms with E-state index in [1.807, 2.05) is 0 Å². The summed E-state index contributed by atoms with van der Waals surface area (Å²) in [4.78, 5) is 14.7. The number of pyridine rings is 1. The highest BCUT2D eigenvalue weighted by molar-refractivity contribution is 9.10. The van der Waals surface area contributed by atoms with Gasteiger partial charge in [0.1, 0.15) is 0 Å². The molecule has 98 valence electrons. The monoisotopic (exact) mass is 345 g/mol. The van der Waals surface area contributed by atoms with Crippen LogP contribution in [-0.4, -0.2) is 16.1 Å². The molecule has 7 heteroatoms. The summed E-state index contributed by atoms with van der Waals surface area (Å²) in [6.07, 6.45) is 1.14. The van der Waals surface area contributed by atoms with Crippen LogP contribution in [0, 0.1) is 5.82 Å². The Bertz CT molecular complexity index is 651. The number of carbonyl (C=O) groups is 1.